The number of β-amino-alcohol motifs (C(OH)–C–C–N with tert-alkyl or cyclic N) is 1. The fraction of sp³-hybridized carbons (Fsp3) is 0.450. The second kappa shape index (κ2) is 27.8. The van der Waals surface area contributed by atoms with E-state index in [0.29, 0.717) is 72.9 Å². The van der Waals surface area contributed by atoms with Crippen LogP contribution in [0, 0.1) is 24.0 Å². The Bertz CT molecular complexity index is 3210. The molecule has 3 atom stereocenters. The van der Waals surface area contributed by atoms with E-state index in [9.17, 15) is 37.9 Å². The van der Waals surface area contributed by atoms with Gasteiger partial charge in [-0.1, -0.05) is 51.1 Å². The summed E-state index contributed by atoms with van der Waals surface area (Å²) in [4.78, 5) is 78.7. The van der Waals surface area contributed by atoms with Crippen LogP contribution in [0.3, 0.4) is 0 Å². The molecular formula is C60H73F2N11O9S. The minimum absolute atomic E-state index is 0.0423. The molecule has 0 unspecified atom stereocenters. The molecule has 3 saturated heterocycles. The van der Waals surface area contributed by atoms with E-state index < -0.39 is 53.0 Å². The van der Waals surface area contributed by atoms with E-state index in [1.54, 1.807) is 22.9 Å². The number of hydrogen-bond acceptors (Lipinski definition) is 15. The maximum atomic E-state index is 14.1. The summed E-state index contributed by atoms with van der Waals surface area (Å²) in [6.07, 6.45) is 1.03. The van der Waals surface area contributed by atoms with E-state index in [4.69, 9.17) is 14.2 Å². The Morgan fingerprint density at radius 3 is 2.31 bits per heavy atom. The van der Waals surface area contributed by atoms with Crippen molar-refractivity contribution in [3.63, 3.8) is 0 Å². The van der Waals surface area contributed by atoms with Crippen LogP contribution in [0.2, 0.25) is 0 Å². The summed E-state index contributed by atoms with van der Waals surface area (Å²) in [6, 6.07) is 20.7. The predicted molar refractivity (Wildman–Crippen MR) is 312 cm³/mol. The molecule has 0 radical (unpaired) electrons. The number of carbonyl (C=O) groups is 5. The Kier molecular flexibility index (Phi) is 20.1. The summed E-state index contributed by atoms with van der Waals surface area (Å²) in [5.41, 5.74) is 7.95. The highest BCUT2D eigenvalue weighted by atomic mass is 32.1. The Labute approximate surface area is 485 Å². The van der Waals surface area contributed by atoms with Crippen LogP contribution in [0.15, 0.2) is 84.4 Å². The SMILES string of the molecule is Cc1ncsc1-c1ccc(CNC(=O)[C@@H]2C[C@@H](O)CN2C(=O)[C@@H](NC(=O)COCCOCCNC(=O)CN2CCN(c3ccc(C(=O)Nc4n[nH]c5ccc(Cc6cc(F)cc(F)c6)cc45)c(NC4CCOCC4)c3)CC2)C(C)(C)C)cc1. The van der Waals surface area contributed by atoms with Gasteiger partial charge in [0.1, 0.15) is 30.3 Å². The summed E-state index contributed by atoms with van der Waals surface area (Å²) in [5.74, 6) is -2.85. The number of nitrogens with one attached hydrogen (secondary N) is 6. The largest absolute Gasteiger partial charge is 0.391 e. The van der Waals surface area contributed by atoms with Crippen LogP contribution in [0.5, 0.6) is 0 Å². The fourth-order valence-corrected chi connectivity index (χ4v) is 11.4. The zero-order chi connectivity index (χ0) is 58.6. The average molecular weight is 1160 g/mol. The number of piperazine rings is 1. The van der Waals surface area contributed by atoms with Gasteiger partial charge in [-0.25, -0.2) is 13.8 Å². The minimum atomic E-state index is -1.00. The number of H-pyrrole nitrogens is 1. The summed E-state index contributed by atoms with van der Waals surface area (Å²) >= 11 is 1.56. The number of benzene rings is 4. The number of aromatic nitrogens is 3. The quantitative estimate of drug-likeness (QED) is 0.0376. The number of carbonyl (C=O) groups excluding carboxylic acids is 5. The zero-order valence-corrected chi connectivity index (χ0v) is 48.1. The molecule has 5 heterocycles. The lowest BCUT2D eigenvalue weighted by atomic mass is 9.85. The van der Waals surface area contributed by atoms with Crippen LogP contribution < -0.4 is 31.5 Å². The summed E-state index contributed by atoms with van der Waals surface area (Å²) < 4.78 is 44.7. The number of nitrogens with zero attached hydrogens (tertiary/aromatic N) is 5. The third kappa shape index (κ3) is 16.2. The van der Waals surface area contributed by atoms with E-state index in [2.05, 4.69) is 51.6 Å². The first kappa shape index (κ1) is 60.2. The van der Waals surface area contributed by atoms with Gasteiger partial charge >= 0.3 is 0 Å². The second-order valence-corrected chi connectivity index (χ2v) is 23.2. The number of amides is 5. The third-order valence-electron chi connectivity index (χ3n) is 15.0. The van der Waals surface area contributed by atoms with Gasteiger partial charge in [-0.3, -0.25) is 34.0 Å². The highest BCUT2D eigenvalue weighted by Gasteiger charge is 2.44. The number of halogens is 2. The number of ether oxygens (including phenoxy) is 3. The van der Waals surface area contributed by atoms with Crippen LogP contribution >= 0.6 is 11.3 Å². The van der Waals surface area contributed by atoms with Gasteiger partial charge in [0.05, 0.1) is 59.6 Å². The molecular weight excluding hydrogens is 1090 g/mol. The molecule has 20 nitrogen and oxygen atoms in total. The number of fused-ring (bicyclic) bond motifs is 1. The average Bonchev–Trinajstić information content (AvgIpc) is 4.05. The molecule has 5 amide bonds. The zero-order valence-electron chi connectivity index (χ0n) is 47.2. The standard InChI is InChI=1S/C60H73F2N11O9S/c1-37-54(83-36-65-37)41-8-5-38(6-9-41)32-64-58(78)51-31-46(74)33-73(51)59(79)55(60(2,3)4)67-53(76)35-82-24-23-81-22-15-63-52(75)34-71-16-18-72(19-17-71)45-10-11-47(50(30-45)66-44-13-20-80-21-14-44)57(77)68-56-48-28-39(7-12-49(48)69-70-56)25-40-26-42(61)29-43(62)27-40/h5-12,26-30,36,44,46,51,55,66,74H,13-25,31-35H2,1-4H3,(H,63,75)(H,64,78)(H,67,76)(H2,68,69,70,77)/t46-,51+,55-/m1/s1. The molecule has 83 heavy (non-hydrogen) atoms. The smallest absolute Gasteiger partial charge is 0.258 e. The van der Waals surface area contributed by atoms with E-state index >= 15 is 0 Å². The first-order chi connectivity index (χ1) is 39.9. The topological polar surface area (TPSA) is 245 Å². The van der Waals surface area contributed by atoms with Gasteiger partial charge < -0.3 is 55.7 Å². The van der Waals surface area contributed by atoms with Crippen LogP contribution in [0.1, 0.15) is 72.8 Å². The van der Waals surface area contributed by atoms with E-state index in [1.165, 1.54) is 17.0 Å². The molecule has 0 bridgehead atoms. The summed E-state index contributed by atoms with van der Waals surface area (Å²) in [5, 5.41) is 33.8. The van der Waals surface area contributed by atoms with Gasteiger partial charge in [-0.05, 0) is 96.3 Å². The molecule has 442 valence electrons. The first-order valence-corrected chi connectivity index (χ1v) is 29.0. The van der Waals surface area contributed by atoms with Crippen molar-refractivity contribution in [3.05, 3.63) is 124 Å². The van der Waals surface area contributed by atoms with Crippen LogP contribution in [0.25, 0.3) is 21.3 Å². The number of aliphatic hydroxyl groups is 1. The van der Waals surface area contributed by atoms with E-state index in [0.717, 1.165) is 51.9 Å². The Morgan fingerprint density at radius 2 is 1.59 bits per heavy atom. The number of likely N-dealkylation sites (tertiary alicyclic amines) is 1. The molecule has 7 N–H and O–H groups in total. The third-order valence-corrected chi connectivity index (χ3v) is 16.0. The van der Waals surface area contributed by atoms with Gasteiger partial charge in [0.15, 0.2) is 5.82 Å². The molecule has 9 rings (SSSR count). The number of rotatable bonds is 23. The Balaban J connectivity index is 0.678. The fourth-order valence-electron chi connectivity index (χ4n) is 10.6. The van der Waals surface area contributed by atoms with Crippen molar-refractivity contribution in [2.24, 2.45) is 5.41 Å². The molecule has 3 aliphatic rings. The Morgan fingerprint density at radius 1 is 0.855 bits per heavy atom. The molecule has 23 heteroatoms. The molecule has 6 aromatic rings. The van der Waals surface area contributed by atoms with Gasteiger partial charge in [-0.2, -0.15) is 5.10 Å². The lowest BCUT2D eigenvalue weighted by Crippen LogP contribution is -2.58. The van der Waals surface area contributed by atoms with Crippen molar-refractivity contribution in [1.82, 2.24) is 40.9 Å². The predicted octanol–water partition coefficient (Wildman–Crippen LogP) is 5.79. The maximum Gasteiger partial charge on any atom is 0.258 e. The van der Waals surface area contributed by atoms with Crippen LogP contribution in [-0.4, -0.2) is 169 Å². The normalized spacial score (nSPS) is 17.3. The van der Waals surface area contributed by atoms with Crippen LogP contribution in [0.4, 0.5) is 26.0 Å². The molecule has 3 aliphatic heterocycles. The van der Waals surface area contributed by atoms with E-state index in [-0.39, 0.29) is 83.3 Å². The Hall–Kier alpha value is -7.41. The van der Waals surface area contributed by atoms with Gasteiger partial charge in [-0.15, -0.1) is 11.3 Å². The lowest BCUT2D eigenvalue weighted by molar-refractivity contribution is -0.144. The number of aryl methyl sites for hydroxylation is 1. The summed E-state index contributed by atoms with van der Waals surface area (Å²) in [6.45, 7) is 12.0. The van der Waals surface area contributed by atoms with Gasteiger partial charge in [0, 0.05) is 94.3 Å². The van der Waals surface area contributed by atoms with Gasteiger partial charge in [0.2, 0.25) is 23.6 Å². The van der Waals surface area contributed by atoms with Crippen molar-refractivity contribution in [2.75, 3.05) is 101 Å². The number of aliphatic hydroxyl groups excluding tert-OH is 1. The molecule has 3 fully saturated rings. The van der Waals surface area contributed by atoms with Crippen molar-refractivity contribution in [2.45, 2.75) is 84.2 Å². The number of anilines is 3. The van der Waals surface area contributed by atoms with Crippen molar-refractivity contribution < 1.29 is 52.1 Å². The molecule has 0 saturated carbocycles. The maximum absolute atomic E-state index is 14.1. The first-order valence-electron chi connectivity index (χ1n) is 28.1. The highest BCUT2D eigenvalue weighted by molar-refractivity contribution is 7.13. The number of hydrogen-bond donors (Lipinski definition) is 7. The van der Waals surface area contributed by atoms with Crippen molar-refractivity contribution in [1.29, 1.82) is 0 Å². The molecule has 4 aromatic carbocycles. The molecule has 2 aromatic heterocycles. The number of thiazole rings is 1. The summed E-state index contributed by atoms with van der Waals surface area (Å²) in [7, 11) is 0. The molecule has 0 spiro atoms. The monoisotopic (exact) mass is 1160 g/mol. The van der Waals surface area contributed by atoms with Gasteiger partial charge in [0.25, 0.3) is 5.91 Å². The van der Waals surface area contributed by atoms with E-state index in [1.807, 2.05) is 82.3 Å². The van der Waals surface area contributed by atoms with Crippen molar-refractivity contribution in [3.8, 4) is 10.4 Å². The minimum Gasteiger partial charge on any atom is -0.391 e. The van der Waals surface area contributed by atoms with Crippen molar-refractivity contribution >= 4 is 69.0 Å². The highest BCUT2D eigenvalue weighted by Crippen LogP contribution is 2.32. The number of aromatic amines is 1. The molecule has 0 aliphatic carbocycles. The lowest BCUT2D eigenvalue weighted by Gasteiger charge is -2.36. The van der Waals surface area contributed by atoms with Crippen LogP contribution in [-0.2, 0) is 46.4 Å². The second-order valence-electron chi connectivity index (χ2n) is 22.3.